The van der Waals surface area contributed by atoms with Gasteiger partial charge in [-0.05, 0) is 74.2 Å². The van der Waals surface area contributed by atoms with Crippen LogP contribution in [-0.4, -0.2) is 49.0 Å². The molecule has 9 heteroatoms. The average Bonchev–Trinajstić information content (AvgIpc) is 3.86. The molecule has 0 aromatic heterocycles. The number of carbonyl (C=O) groups excluding carboxylic acids is 3. The molecule has 1 heterocycles. The van der Waals surface area contributed by atoms with Crippen molar-refractivity contribution in [2.75, 3.05) is 30.0 Å². The molecular formula is C33H37F2N3O4. The van der Waals surface area contributed by atoms with Gasteiger partial charge in [-0.2, -0.15) is 0 Å². The van der Waals surface area contributed by atoms with Gasteiger partial charge in [-0.3, -0.25) is 19.4 Å². The highest BCUT2D eigenvalue weighted by Crippen LogP contribution is 2.41. The van der Waals surface area contributed by atoms with Gasteiger partial charge < -0.3 is 9.64 Å². The number of likely N-dealkylation sites (tertiary alicyclic amines) is 1. The number of hydrogen-bond acceptors (Lipinski definition) is 4. The zero-order valence-corrected chi connectivity index (χ0v) is 24.3. The zero-order valence-electron chi connectivity index (χ0n) is 24.3. The molecule has 222 valence electrons. The van der Waals surface area contributed by atoms with Gasteiger partial charge in [-0.15, -0.1) is 0 Å². The van der Waals surface area contributed by atoms with Crippen LogP contribution in [0, 0.1) is 17.0 Å². The number of carbonyl (C=O) groups is 3. The summed E-state index contributed by atoms with van der Waals surface area (Å²) in [5.41, 5.74) is 0.00819. The number of piperidine rings is 1. The molecule has 7 nitrogen and oxygen atoms in total. The number of nitrogens with zero attached hydrogens (tertiary/aromatic N) is 3. The Bertz CT molecular complexity index is 1370. The van der Waals surface area contributed by atoms with Gasteiger partial charge in [-0.1, -0.05) is 44.2 Å². The fourth-order valence-corrected chi connectivity index (χ4v) is 5.36. The summed E-state index contributed by atoms with van der Waals surface area (Å²) in [6.07, 6.45) is 1.93. The molecule has 0 bridgehead atoms. The van der Waals surface area contributed by atoms with Crippen molar-refractivity contribution in [3.05, 3.63) is 90.5 Å². The molecular weight excluding hydrogens is 540 g/mol. The molecule has 3 aromatic rings. The normalized spacial score (nSPS) is 15.6. The van der Waals surface area contributed by atoms with Crippen LogP contribution in [0.2, 0.25) is 0 Å². The molecule has 5 rings (SSSR count). The van der Waals surface area contributed by atoms with Gasteiger partial charge in [0.1, 0.15) is 11.6 Å². The molecule has 42 heavy (non-hydrogen) atoms. The number of methoxy groups -OCH3 is 1. The second-order valence-corrected chi connectivity index (χ2v) is 10.3. The molecule has 0 spiro atoms. The Morgan fingerprint density at radius 2 is 1.45 bits per heavy atom. The Balaban J connectivity index is 0.00000198. The van der Waals surface area contributed by atoms with E-state index in [2.05, 4.69) is 0 Å². The van der Waals surface area contributed by atoms with Crippen LogP contribution in [0.25, 0.3) is 0 Å². The lowest BCUT2D eigenvalue weighted by Gasteiger charge is -2.41. The molecule has 1 saturated carbocycles. The Labute approximate surface area is 245 Å². The van der Waals surface area contributed by atoms with Gasteiger partial charge in [0, 0.05) is 36.9 Å². The Morgan fingerprint density at radius 3 is 2.02 bits per heavy atom. The van der Waals surface area contributed by atoms with E-state index in [0.29, 0.717) is 11.4 Å². The van der Waals surface area contributed by atoms with E-state index >= 15 is 0 Å². The molecule has 1 saturated heterocycles. The third-order valence-corrected chi connectivity index (χ3v) is 7.68. The highest BCUT2D eigenvalue weighted by Gasteiger charge is 2.47. The molecule has 2 fully saturated rings. The molecule has 0 unspecified atom stereocenters. The van der Waals surface area contributed by atoms with Crippen molar-refractivity contribution in [1.29, 1.82) is 0 Å². The van der Waals surface area contributed by atoms with Crippen LogP contribution in [-0.2, 0) is 14.3 Å². The molecule has 0 N–H and O–H groups in total. The molecule has 1 aliphatic carbocycles. The van der Waals surface area contributed by atoms with E-state index in [1.54, 1.807) is 64.4 Å². The second-order valence-electron chi connectivity index (χ2n) is 10.3. The summed E-state index contributed by atoms with van der Waals surface area (Å²) in [5.74, 6) is -1.93. The van der Waals surface area contributed by atoms with Gasteiger partial charge in [0.05, 0.1) is 18.2 Å². The maximum atomic E-state index is 14.9. The third-order valence-electron chi connectivity index (χ3n) is 7.68. The van der Waals surface area contributed by atoms with Crippen LogP contribution in [0.15, 0.2) is 78.9 Å². The summed E-state index contributed by atoms with van der Waals surface area (Å²) in [4.78, 5) is 45.2. The van der Waals surface area contributed by atoms with E-state index in [1.807, 2.05) is 13.8 Å². The number of benzene rings is 3. The number of para-hydroxylation sites is 2. The first-order valence-corrected chi connectivity index (χ1v) is 14.4. The number of ether oxygens (including phenoxy) is 1. The number of amides is 3. The van der Waals surface area contributed by atoms with E-state index in [1.165, 1.54) is 36.3 Å². The van der Waals surface area contributed by atoms with Crippen LogP contribution >= 0.6 is 0 Å². The van der Waals surface area contributed by atoms with Crippen LogP contribution in [0.5, 0.6) is 0 Å². The number of anilines is 3. The first-order valence-electron chi connectivity index (χ1n) is 14.4. The van der Waals surface area contributed by atoms with E-state index in [4.69, 9.17) is 4.74 Å². The number of rotatable bonds is 7. The van der Waals surface area contributed by atoms with Crippen LogP contribution in [0.3, 0.4) is 0 Å². The van der Waals surface area contributed by atoms with Gasteiger partial charge in [0.25, 0.3) is 0 Å². The minimum Gasteiger partial charge on any atom is -0.469 e. The van der Waals surface area contributed by atoms with E-state index in [9.17, 15) is 23.2 Å². The summed E-state index contributed by atoms with van der Waals surface area (Å²) >= 11 is 0. The Hall–Kier alpha value is -4.27. The third kappa shape index (κ3) is 6.61. The first kappa shape index (κ1) is 30.7. The summed E-state index contributed by atoms with van der Waals surface area (Å²) in [7, 11) is 1.28. The smallest absolute Gasteiger partial charge is 0.324 e. The maximum absolute atomic E-state index is 14.9. The molecule has 3 aromatic carbocycles. The number of urea groups is 1. The molecule has 1 aliphatic heterocycles. The Morgan fingerprint density at radius 1 is 0.857 bits per heavy atom. The van der Waals surface area contributed by atoms with Crippen molar-refractivity contribution in [2.24, 2.45) is 5.41 Å². The van der Waals surface area contributed by atoms with Crippen molar-refractivity contribution in [2.45, 2.75) is 52.0 Å². The topological polar surface area (TPSA) is 70.2 Å². The van der Waals surface area contributed by atoms with Gasteiger partial charge in [-0.25, -0.2) is 13.6 Å². The minimum atomic E-state index is -1.18. The number of hydrogen-bond donors (Lipinski definition) is 0. The SMILES string of the molecule is CC.COC(=O)C1(CC(=O)N(c2ccccc2)c2ccccc2F)CCN(C(=O)N(c2ccc(F)cc2)C2CC2)CC1. The second kappa shape index (κ2) is 13.6. The molecule has 0 radical (unpaired) electrons. The lowest BCUT2D eigenvalue weighted by atomic mass is 9.75. The average molecular weight is 578 g/mol. The Kier molecular flexibility index (Phi) is 9.93. The van der Waals surface area contributed by atoms with Crippen molar-refractivity contribution in [3.63, 3.8) is 0 Å². The fourth-order valence-electron chi connectivity index (χ4n) is 5.36. The van der Waals surface area contributed by atoms with Crippen molar-refractivity contribution >= 4 is 35.0 Å². The highest BCUT2D eigenvalue weighted by molar-refractivity contribution is 6.02. The van der Waals surface area contributed by atoms with E-state index in [-0.39, 0.29) is 55.9 Å². The van der Waals surface area contributed by atoms with Crippen LogP contribution in [0.1, 0.15) is 46.0 Å². The number of esters is 1. The predicted molar refractivity (Wildman–Crippen MR) is 159 cm³/mol. The summed E-state index contributed by atoms with van der Waals surface area (Å²) in [6, 6.07) is 20.4. The van der Waals surface area contributed by atoms with Crippen molar-refractivity contribution < 1.29 is 27.9 Å². The van der Waals surface area contributed by atoms with E-state index < -0.39 is 23.1 Å². The summed E-state index contributed by atoms with van der Waals surface area (Å²) < 4.78 is 33.5. The van der Waals surface area contributed by atoms with Crippen LogP contribution in [0.4, 0.5) is 30.6 Å². The molecule has 2 aliphatic rings. The van der Waals surface area contributed by atoms with Gasteiger partial charge in [0.2, 0.25) is 5.91 Å². The summed E-state index contributed by atoms with van der Waals surface area (Å²) in [5, 5.41) is 0. The minimum absolute atomic E-state index is 0.0482. The largest absolute Gasteiger partial charge is 0.469 e. The summed E-state index contributed by atoms with van der Waals surface area (Å²) in [6.45, 7) is 4.47. The quantitative estimate of drug-likeness (QED) is 0.281. The molecule has 0 atom stereocenters. The predicted octanol–water partition coefficient (Wildman–Crippen LogP) is 7.09. The lowest BCUT2D eigenvalue weighted by molar-refractivity contribution is -0.157. The van der Waals surface area contributed by atoms with Gasteiger partial charge in [0.15, 0.2) is 0 Å². The first-order chi connectivity index (χ1) is 20.3. The highest BCUT2D eigenvalue weighted by atomic mass is 19.1. The van der Waals surface area contributed by atoms with Crippen molar-refractivity contribution in [3.8, 4) is 0 Å². The zero-order chi connectivity index (χ0) is 30.3. The maximum Gasteiger partial charge on any atom is 0.324 e. The van der Waals surface area contributed by atoms with E-state index in [0.717, 1.165) is 12.8 Å². The monoisotopic (exact) mass is 577 g/mol. The standard InChI is InChI=1S/C31H31F2N3O4.C2H6/c1-40-29(38)31(21-28(37)36(23-7-3-2-4-8-23)27-10-6-5-9-26(27)33)17-19-34(20-18-31)30(39)35(25-15-16-25)24-13-11-22(32)12-14-24;1-2/h2-14,25H,15-21H2,1H3;1-2H3. The fraction of sp³-hybridized carbons (Fsp3) is 0.364. The van der Waals surface area contributed by atoms with Crippen molar-refractivity contribution in [1.82, 2.24) is 4.90 Å². The van der Waals surface area contributed by atoms with Crippen LogP contribution < -0.4 is 9.80 Å². The number of halogens is 2. The molecule has 3 amide bonds. The lowest BCUT2D eigenvalue weighted by Crippen LogP contribution is -2.52. The van der Waals surface area contributed by atoms with Gasteiger partial charge >= 0.3 is 12.0 Å².